The van der Waals surface area contributed by atoms with E-state index in [1.807, 2.05) is 0 Å². The topological polar surface area (TPSA) is 91.7 Å². The zero-order valence-corrected chi connectivity index (χ0v) is 11.4. The summed E-state index contributed by atoms with van der Waals surface area (Å²) in [4.78, 5) is 23.9. The van der Waals surface area contributed by atoms with Crippen LogP contribution in [0.5, 0.6) is 0 Å². The molecule has 0 bridgehead atoms. The van der Waals surface area contributed by atoms with E-state index in [1.54, 1.807) is 6.07 Å². The summed E-state index contributed by atoms with van der Waals surface area (Å²) < 4.78 is 15.2. The number of nitrogens with two attached hydrogens (primary N) is 1. The van der Waals surface area contributed by atoms with Crippen LogP contribution in [-0.4, -0.2) is 16.2 Å². The first-order valence-electron chi connectivity index (χ1n) is 7.11. The maximum absolute atomic E-state index is 15.2. The Labute approximate surface area is 119 Å². The van der Waals surface area contributed by atoms with Crippen LogP contribution in [0.25, 0.3) is 11.1 Å². The molecule has 0 aromatic carbocycles. The summed E-state index contributed by atoms with van der Waals surface area (Å²) in [6.45, 7) is 0. The number of rotatable bonds is 1. The van der Waals surface area contributed by atoms with Crippen LogP contribution in [-0.2, 0) is 5.67 Å². The van der Waals surface area contributed by atoms with Gasteiger partial charge in [-0.2, -0.15) is 0 Å². The van der Waals surface area contributed by atoms with Crippen molar-refractivity contribution in [1.82, 2.24) is 10.2 Å². The molecule has 4 N–H and O–H groups in total. The zero-order valence-electron chi connectivity index (χ0n) is 11.4. The summed E-state index contributed by atoms with van der Waals surface area (Å²) >= 11 is 0. The molecule has 21 heavy (non-hydrogen) atoms. The summed E-state index contributed by atoms with van der Waals surface area (Å²) in [5.74, 6) is 0. The van der Waals surface area contributed by atoms with Gasteiger partial charge in [-0.05, 0) is 43.2 Å². The third-order valence-corrected chi connectivity index (χ3v) is 4.97. The lowest BCUT2D eigenvalue weighted by Crippen LogP contribution is -2.58. The van der Waals surface area contributed by atoms with Gasteiger partial charge < -0.3 is 5.73 Å². The first kappa shape index (κ1) is 12.8. The molecule has 5 nitrogen and oxygen atoms in total. The first-order valence-corrected chi connectivity index (χ1v) is 7.11. The summed E-state index contributed by atoms with van der Waals surface area (Å²) in [5.41, 5.74) is 4.08. The Morgan fingerprint density at radius 1 is 1.19 bits per heavy atom. The predicted molar refractivity (Wildman–Crippen MR) is 76.0 cm³/mol. The van der Waals surface area contributed by atoms with Crippen LogP contribution in [0.3, 0.4) is 0 Å². The van der Waals surface area contributed by atoms with Gasteiger partial charge in [-0.25, -0.2) is 4.39 Å². The minimum absolute atomic E-state index is 0.0116. The van der Waals surface area contributed by atoms with E-state index < -0.39 is 11.2 Å². The molecule has 4 aliphatic rings. The predicted octanol–water partition coefficient (Wildman–Crippen LogP) is 1.23. The molecular weight excluding hydrogens is 273 g/mol. The van der Waals surface area contributed by atoms with Crippen LogP contribution >= 0.6 is 0 Å². The molecule has 0 atom stereocenters. The van der Waals surface area contributed by atoms with Crippen molar-refractivity contribution in [1.29, 1.82) is 0 Å². The number of nitrogens with one attached hydrogen (secondary N) is 2. The molecular formula is C15H16FN3O2. The van der Waals surface area contributed by atoms with Crippen molar-refractivity contribution in [2.75, 3.05) is 0 Å². The van der Waals surface area contributed by atoms with E-state index in [2.05, 4.69) is 10.2 Å². The van der Waals surface area contributed by atoms with Gasteiger partial charge in [0.2, 0.25) is 0 Å². The van der Waals surface area contributed by atoms with Crippen molar-refractivity contribution in [3.8, 4) is 11.1 Å². The third-order valence-electron chi connectivity index (χ3n) is 4.97. The van der Waals surface area contributed by atoms with Gasteiger partial charge in [-0.15, -0.1) is 0 Å². The van der Waals surface area contributed by atoms with E-state index in [4.69, 9.17) is 5.73 Å². The standard InChI is InChI=1S/C15H16FN3O2/c16-15(6-14(7-15)4-8(17)5-14)12-11-9(13(21)19-18-12)2-1-3-10(11)20/h1-3,8,18H,4-7,17H2,(H,19,21). The molecule has 0 amide bonds. The highest BCUT2D eigenvalue weighted by molar-refractivity contribution is 5.67. The number of hydrogen-bond acceptors (Lipinski definition) is 3. The van der Waals surface area contributed by atoms with Gasteiger partial charge in [0.25, 0.3) is 5.56 Å². The van der Waals surface area contributed by atoms with Crippen molar-refractivity contribution in [2.45, 2.75) is 37.4 Å². The Morgan fingerprint density at radius 3 is 2.57 bits per heavy atom. The maximum atomic E-state index is 15.2. The largest absolute Gasteiger partial charge is 0.328 e. The summed E-state index contributed by atoms with van der Waals surface area (Å²) in [6.07, 6.45) is 2.40. The van der Waals surface area contributed by atoms with Crippen LogP contribution in [0.2, 0.25) is 0 Å². The number of hydrogen-bond donors (Lipinski definition) is 3. The quantitative estimate of drug-likeness (QED) is 0.737. The van der Waals surface area contributed by atoms with Gasteiger partial charge in [0, 0.05) is 6.04 Å². The van der Waals surface area contributed by atoms with Gasteiger partial charge in [-0.1, -0.05) is 6.07 Å². The smallest absolute Gasteiger partial charge is 0.270 e. The van der Waals surface area contributed by atoms with Crippen LogP contribution < -0.4 is 16.7 Å². The SMILES string of the molecule is NC1CC2(C1)CC(F)(c1[nH][nH]c(=O)c3cccc(=O)c1-3)C2. The molecule has 1 spiro atoms. The van der Waals surface area contributed by atoms with Gasteiger partial charge >= 0.3 is 0 Å². The van der Waals surface area contributed by atoms with E-state index in [9.17, 15) is 9.59 Å². The molecule has 0 saturated heterocycles. The minimum atomic E-state index is -1.58. The van der Waals surface area contributed by atoms with Crippen LogP contribution in [0.1, 0.15) is 31.4 Å². The van der Waals surface area contributed by atoms with E-state index in [-0.39, 0.29) is 33.7 Å². The van der Waals surface area contributed by atoms with Crippen LogP contribution in [0, 0.1) is 5.41 Å². The molecule has 3 aliphatic carbocycles. The van der Waals surface area contributed by atoms with Gasteiger partial charge in [-0.3, -0.25) is 19.8 Å². The summed E-state index contributed by atoms with van der Waals surface area (Å²) in [5, 5.41) is 5.05. The molecule has 0 radical (unpaired) electrons. The van der Waals surface area contributed by atoms with Crippen molar-refractivity contribution in [3.05, 3.63) is 44.5 Å². The number of H-pyrrole nitrogens is 2. The molecule has 0 aromatic rings. The average Bonchev–Trinajstić information content (AvgIpc) is 2.36. The number of benzene rings is 1. The zero-order chi connectivity index (χ0) is 14.8. The van der Waals surface area contributed by atoms with Crippen molar-refractivity contribution >= 4 is 0 Å². The second kappa shape index (κ2) is 3.82. The van der Waals surface area contributed by atoms with E-state index >= 15 is 4.39 Å². The second-order valence-corrected chi connectivity index (χ2v) is 6.62. The summed E-state index contributed by atoms with van der Waals surface area (Å²) in [7, 11) is 0. The van der Waals surface area contributed by atoms with Crippen LogP contribution in [0.4, 0.5) is 4.39 Å². The highest BCUT2D eigenvalue weighted by Gasteiger charge is 2.62. The lowest BCUT2D eigenvalue weighted by atomic mass is 9.48. The van der Waals surface area contributed by atoms with Crippen molar-refractivity contribution < 1.29 is 4.39 Å². The third kappa shape index (κ3) is 1.65. The Hall–Kier alpha value is -1.95. The second-order valence-electron chi connectivity index (χ2n) is 6.62. The molecule has 4 rings (SSSR count). The molecule has 2 saturated carbocycles. The Bertz CT molecular complexity index is 795. The highest BCUT2D eigenvalue weighted by Crippen LogP contribution is 2.65. The number of alkyl halides is 1. The number of halogens is 1. The average molecular weight is 289 g/mol. The minimum Gasteiger partial charge on any atom is -0.328 e. The monoisotopic (exact) mass is 289 g/mol. The van der Waals surface area contributed by atoms with Crippen molar-refractivity contribution in [3.63, 3.8) is 0 Å². The normalized spacial score (nSPS) is 34.7. The van der Waals surface area contributed by atoms with Gasteiger partial charge in [0.05, 0.1) is 16.8 Å². The van der Waals surface area contributed by atoms with Crippen molar-refractivity contribution in [2.24, 2.45) is 11.1 Å². The highest BCUT2D eigenvalue weighted by atomic mass is 19.1. The van der Waals surface area contributed by atoms with E-state index in [1.165, 1.54) is 12.1 Å². The lowest BCUT2D eigenvalue weighted by molar-refractivity contribution is -0.129. The first-order chi connectivity index (χ1) is 9.92. The Morgan fingerprint density at radius 2 is 1.90 bits per heavy atom. The molecule has 0 aromatic heterocycles. The van der Waals surface area contributed by atoms with Crippen LogP contribution in [0.15, 0.2) is 27.8 Å². The van der Waals surface area contributed by atoms with Gasteiger partial charge in [0.15, 0.2) is 11.1 Å². The Balaban J connectivity index is 1.80. The molecule has 0 unspecified atom stereocenters. The van der Waals surface area contributed by atoms with E-state index in [0.717, 1.165) is 12.8 Å². The maximum Gasteiger partial charge on any atom is 0.270 e. The fourth-order valence-electron chi connectivity index (χ4n) is 4.22. The number of fused-ring (bicyclic) bond motifs is 1. The fourth-order valence-corrected chi connectivity index (χ4v) is 4.22. The fraction of sp³-hybridized carbons (Fsp3) is 0.467. The number of aromatic nitrogens is 2. The molecule has 2 fully saturated rings. The summed E-state index contributed by atoms with van der Waals surface area (Å²) in [6, 6.07) is 4.59. The molecule has 6 heteroatoms. The Kier molecular flexibility index (Phi) is 2.32. The molecule has 1 aliphatic heterocycles. The lowest BCUT2D eigenvalue weighted by Gasteiger charge is -2.59. The molecule has 110 valence electrons. The van der Waals surface area contributed by atoms with Gasteiger partial charge in [0.1, 0.15) is 0 Å². The molecule has 1 heterocycles. The van der Waals surface area contributed by atoms with E-state index in [0.29, 0.717) is 12.8 Å². The number of aromatic amines is 2.